The molecule has 0 fully saturated rings. The molecule has 0 heterocycles. The number of hydrogen-bond acceptors (Lipinski definition) is 6. The minimum absolute atomic E-state index is 0.180. The number of rotatable bonds is 11. The van der Waals surface area contributed by atoms with E-state index in [-0.39, 0.29) is 23.7 Å². The van der Waals surface area contributed by atoms with Crippen LogP contribution in [-0.4, -0.2) is 61.1 Å². The largest absolute Gasteiger partial charge is 0.493 e. The van der Waals surface area contributed by atoms with Crippen molar-refractivity contribution in [3.8, 4) is 11.5 Å². The molecule has 0 spiro atoms. The smallest absolute Gasteiger partial charge is 0.253 e. The van der Waals surface area contributed by atoms with Crippen molar-refractivity contribution in [3.63, 3.8) is 0 Å². The second kappa shape index (κ2) is 10.2. The molecule has 9 heteroatoms. The van der Waals surface area contributed by atoms with Crippen LogP contribution in [0.15, 0.2) is 12.1 Å². The Kier molecular flexibility index (Phi) is 8.67. The van der Waals surface area contributed by atoms with Crippen molar-refractivity contribution in [1.29, 1.82) is 0 Å². The predicted octanol–water partition coefficient (Wildman–Crippen LogP) is 1.65. The van der Waals surface area contributed by atoms with Gasteiger partial charge in [0.05, 0.1) is 31.7 Å². The highest BCUT2D eigenvalue weighted by Crippen LogP contribution is 2.36. The number of hydrogen-bond donors (Lipinski definition) is 1. The molecule has 0 atom stereocenters. The summed E-state index contributed by atoms with van der Waals surface area (Å²) in [6, 6.07) is 2.98. The van der Waals surface area contributed by atoms with Gasteiger partial charge in [-0.1, -0.05) is 0 Å². The van der Waals surface area contributed by atoms with Gasteiger partial charge in [0.15, 0.2) is 11.5 Å². The predicted molar refractivity (Wildman–Crippen MR) is 101 cm³/mol. The van der Waals surface area contributed by atoms with Crippen LogP contribution in [0, 0.1) is 0 Å². The molecular formula is C17H28N2O6S. The molecule has 1 amide bonds. The number of carbonyl (C=O) groups excluding carboxylic acids is 1. The van der Waals surface area contributed by atoms with Crippen LogP contribution in [0.3, 0.4) is 0 Å². The maximum atomic E-state index is 12.6. The number of nitrogens with one attached hydrogen (secondary N) is 1. The monoisotopic (exact) mass is 388 g/mol. The number of anilines is 1. The first-order valence-corrected chi connectivity index (χ1v) is 10.2. The van der Waals surface area contributed by atoms with Crippen LogP contribution in [0.4, 0.5) is 5.69 Å². The number of ether oxygens (including phenoxy) is 3. The normalized spacial score (nSPS) is 11.1. The van der Waals surface area contributed by atoms with Gasteiger partial charge in [0.25, 0.3) is 5.91 Å². The number of nitrogens with zero attached hydrogens (tertiary/aromatic N) is 1. The fourth-order valence-electron chi connectivity index (χ4n) is 2.46. The number of sulfonamides is 1. The van der Waals surface area contributed by atoms with E-state index in [0.29, 0.717) is 37.7 Å². The second-order valence-corrected chi connectivity index (χ2v) is 7.37. The minimum atomic E-state index is -3.56. The summed E-state index contributed by atoms with van der Waals surface area (Å²) in [7, 11) is -0.660. The Morgan fingerprint density at radius 1 is 1.15 bits per heavy atom. The number of amides is 1. The van der Waals surface area contributed by atoms with Crippen LogP contribution in [0.25, 0.3) is 0 Å². The van der Waals surface area contributed by atoms with E-state index in [2.05, 4.69) is 5.32 Å². The SMILES string of the molecule is CCOCCCNC(=O)c1cc(OC)c(OC)cc1N(CC)S(C)(=O)=O. The van der Waals surface area contributed by atoms with E-state index in [9.17, 15) is 13.2 Å². The van der Waals surface area contributed by atoms with Gasteiger partial charge < -0.3 is 19.5 Å². The molecule has 0 aliphatic carbocycles. The van der Waals surface area contributed by atoms with Gasteiger partial charge in [0, 0.05) is 32.4 Å². The lowest BCUT2D eigenvalue weighted by Gasteiger charge is -2.24. The van der Waals surface area contributed by atoms with Gasteiger partial charge in [-0.25, -0.2) is 8.42 Å². The Hall–Kier alpha value is -2.00. The molecule has 0 aliphatic rings. The van der Waals surface area contributed by atoms with Crippen LogP contribution in [-0.2, 0) is 14.8 Å². The summed E-state index contributed by atoms with van der Waals surface area (Å²) in [4.78, 5) is 12.6. The summed E-state index contributed by atoms with van der Waals surface area (Å²) in [5.74, 6) is 0.303. The minimum Gasteiger partial charge on any atom is -0.493 e. The molecule has 26 heavy (non-hydrogen) atoms. The van der Waals surface area contributed by atoms with Gasteiger partial charge >= 0.3 is 0 Å². The van der Waals surface area contributed by atoms with Crippen LogP contribution >= 0.6 is 0 Å². The molecule has 0 aliphatic heterocycles. The van der Waals surface area contributed by atoms with Crippen molar-refractivity contribution in [2.24, 2.45) is 0 Å². The van der Waals surface area contributed by atoms with E-state index < -0.39 is 10.0 Å². The van der Waals surface area contributed by atoms with E-state index in [1.54, 1.807) is 6.92 Å². The second-order valence-electron chi connectivity index (χ2n) is 5.46. The fourth-order valence-corrected chi connectivity index (χ4v) is 3.43. The first-order chi connectivity index (χ1) is 12.3. The molecule has 1 rings (SSSR count). The Bertz CT molecular complexity index is 705. The first-order valence-electron chi connectivity index (χ1n) is 8.39. The number of carbonyl (C=O) groups is 1. The third-order valence-corrected chi connectivity index (χ3v) is 4.91. The Balaban J connectivity index is 3.23. The first kappa shape index (κ1) is 22.0. The summed E-state index contributed by atoms with van der Waals surface area (Å²) in [6.07, 6.45) is 1.75. The van der Waals surface area contributed by atoms with Crippen molar-refractivity contribution in [3.05, 3.63) is 17.7 Å². The fraction of sp³-hybridized carbons (Fsp3) is 0.588. The van der Waals surface area contributed by atoms with Gasteiger partial charge in [0.2, 0.25) is 10.0 Å². The Labute approximate surface area is 155 Å². The summed E-state index contributed by atoms with van der Waals surface area (Å²) in [5, 5.41) is 2.78. The highest BCUT2D eigenvalue weighted by atomic mass is 32.2. The van der Waals surface area contributed by atoms with Gasteiger partial charge in [-0.3, -0.25) is 9.10 Å². The molecule has 0 unspecified atom stereocenters. The summed E-state index contributed by atoms with van der Waals surface area (Å²) >= 11 is 0. The van der Waals surface area contributed by atoms with Crippen LogP contribution in [0.2, 0.25) is 0 Å². The average molecular weight is 388 g/mol. The zero-order valence-corrected chi connectivity index (χ0v) is 16.8. The number of benzene rings is 1. The van der Waals surface area contributed by atoms with Crippen molar-refractivity contribution in [2.45, 2.75) is 20.3 Å². The van der Waals surface area contributed by atoms with E-state index in [1.165, 1.54) is 26.4 Å². The molecule has 0 saturated carbocycles. The lowest BCUT2D eigenvalue weighted by atomic mass is 10.1. The molecule has 0 bridgehead atoms. The quantitative estimate of drug-likeness (QED) is 0.579. The number of methoxy groups -OCH3 is 2. The lowest BCUT2D eigenvalue weighted by molar-refractivity contribution is 0.0944. The molecule has 1 N–H and O–H groups in total. The van der Waals surface area contributed by atoms with E-state index in [0.717, 1.165) is 10.6 Å². The van der Waals surface area contributed by atoms with Crippen molar-refractivity contribution in [1.82, 2.24) is 5.32 Å². The summed E-state index contributed by atoms with van der Waals surface area (Å²) in [6.45, 7) is 5.35. The zero-order valence-electron chi connectivity index (χ0n) is 16.0. The van der Waals surface area contributed by atoms with Gasteiger partial charge in [-0.2, -0.15) is 0 Å². The van der Waals surface area contributed by atoms with E-state index >= 15 is 0 Å². The highest BCUT2D eigenvalue weighted by molar-refractivity contribution is 7.92. The molecule has 1 aromatic carbocycles. The molecule has 1 aromatic rings. The van der Waals surface area contributed by atoms with E-state index in [1.807, 2.05) is 6.92 Å². The molecule has 148 valence electrons. The van der Waals surface area contributed by atoms with Gasteiger partial charge in [-0.15, -0.1) is 0 Å². The molecule has 8 nitrogen and oxygen atoms in total. The van der Waals surface area contributed by atoms with Crippen LogP contribution < -0.4 is 19.1 Å². The van der Waals surface area contributed by atoms with E-state index in [4.69, 9.17) is 14.2 Å². The molecule has 0 radical (unpaired) electrons. The maximum Gasteiger partial charge on any atom is 0.253 e. The molecule has 0 saturated heterocycles. The third kappa shape index (κ3) is 5.77. The Morgan fingerprint density at radius 3 is 2.27 bits per heavy atom. The van der Waals surface area contributed by atoms with Crippen molar-refractivity contribution in [2.75, 3.05) is 51.1 Å². The summed E-state index contributed by atoms with van der Waals surface area (Å²) in [5.41, 5.74) is 0.446. The lowest BCUT2D eigenvalue weighted by Crippen LogP contribution is -2.33. The topological polar surface area (TPSA) is 94.2 Å². The Morgan fingerprint density at radius 2 is 1.77 bits per heavy atom. The van der Waals surface area contributed by atoms with Crippen molar-refractivity contribution >= 4 is 21.6 Å². The van der Waals surface area contributed by atoms with Crippen LogP contribution in [0.1, 0.15) is 30.6 Å². The van der Waals surface area contributed by atoms with Gasteiger partial charge in [0.1, 0.15) is 0 Å². The third-order valence-electron chi connectivity index (χ3n) is 3.66. The summed E-state index contributed by atoms with van der Waals surface area (Å²) < 4.78 is 41.1. The highest BCUT2D eigenvalue weighted by Gasteiger charge is 2.25. The van der Waals surface area contributed by atoms with Crippen molar-refractivity contribution < 1.29 is 27.4 Å². The standard InChI is InChI=1S/C17H28N2O6S/c1-6-19(26(5,21)22)14-12-16(24-4)15(23-3)11-13(14)17(20)18-9-8-10-25-7-2/h11-12H,6-10H2,1-5H3,(H,18,20). The molecule has 0 aromatic heterocycles. The van der Waals surface area contributed by atoms with Gasteiger partial charge in [-0.05, 0) is 26.3 Å². The van der Waals surface area contributed by atoms with Crippen LogP contribution in [0.5, 0.6) is 11.5 Å². The zero-order chi connectivity index (χ0) is 19.7. The maximum absolute atomic E-state index is 12.6. The average Bonchev–Trinajstić information content (AvgIpc) is 2.60. The molecular weight excluding hydrogens is 360 g/mol.